The molecule has 0 aromatic carbocycles. The molecule has 0 fully saturated rings. The van der Waals surface area contributed by atoms with E-state index in [9.17, 15) is 13.6 Å². The Hall–Kier alpha value is -1.89. The van der Waals surface area contributed by atoms with Gasteiger partial charge in [0.25, 0.3) is 5.91 Å². The fraction of sp³-hybridized carbons (Fsp3) is 0.357. The predicted octanol–water partition coefficient (Wildman–Crippen LogP) is 2.93. The minimum atomic E-state index is -0.960. The van der Waals surface area contributed by atoms with Crippen molar-refractivity contribution in [3.8, 4) is 0 Å². The second-order valence-corrected chi connectivity index (χ2v) is 6.23. The lowest BCUT2D eigenvalue weighted by molar-refractivity contribution is 0.0922. The van der Waals surface area contributed by atoms with Gasteiger partial charge in [-0.1, -0.05) is 0 Å². The summed E-state index contributed by atoms with van der Waals surface area (Å²) < 4.78 is 26.4. The third-order valence-corrected chi connectivity index (χ3v) is 4.44. The first kappa shape index (κ1) is 14.1. The van der Waals surface area contributed by atoms with E-state index >= 15 is 0 Å². The lowest BCUT2D eigenvalue weighted by Gasteiger charge is -2.22. The van der Waals surface area contributed by atoms with Gasteiger partial charge in [-0.3, -0.25) is 4.79 Å². The summed E-state index contributed by atoms with van der Waals surface area (Å²) in [4.78, 5) is 21.2. The van der Waals surface area contributed by atoms with E-state index in [0.29, 0.717) is 6.07 Å². The quantitative estimate of drug-likeness (QED) is 0.928. The van der Waals surface area contributed by atoms with Gasteiger partial charge in [0.05, 0.1) is 22.9 Å². The number of hydrogen-bond donors (Lipinski definition) is 1. The maximum absolute atomic E-state index is 13.6. The average Bonchev–Trinajstić information content (AvgIpc) is 2.80. The Morgan fingerprint density at radius 3 is 3.05 bits per heavy atom. The Balaban J connectivity index is 1.82. The number of nitrogens with zero attached hydrogens (tertiary/aromatic N) is 2. The molecule has 2 aromatic heterocycles. The third kappa shape index (κ3) is 2.78. The summed E-state index contributed by atoms with van der Waals surface area (Å²) in [6.45, 7) is 1.92. The molecule has 0 bridgehead atoms. The van der Waals surface area contributed by atoms with Gasteiger partial charge in [0.1, 0.15) is 5.82 Å². The van der Waals surface area contributed by atoms with E-state index in [1.165, 1.54) is 0 Å². The van der Waals surface area contributed by atoms with Crippen molar-refractivity contribution >= 4 is 17.2 Å². The van der Waals surface area contributed by atoms with Crippen LogP contribution >= 0.6 is 11.3 Å². The number of pyridine rings is 1. The highest BCUT2D eigenvalue weighted by atomic mass is 32.1. The highest BCUT2D eigenvalue weighted by Gasteiger charge is 2.27. The van der Waals surface area contributed by atoms with Crippen LogP contribution in [0.5, 0.6) is 0 Å². The van der Waals surface area contributed by atoms with Gasteiger partial charge in [-0.15, -0.1) is 11.3 Å². The van der Waals surface area contributed by atoms with Gasteiger partial charge in [-0.2, -0.15) is 0 Å². The van der Waals surface area contributed by atoms with Crippen LogP contribution in [-0.2, 0) is 6.42 Å². The molecule has 1 amide bonds. The first-order valence-electron chi connectivity index (χ1n) is 6.62. The first-order chi connectivity index (χ1) is 10.0. The molecule has 2 heterocycles. The number of thiazole rings is 1. The van der Waals surface area contributed by atoms with Gasteiger partial charge in [-0.25, -0.2) is 18.7 Å². The molecule has 3 rings (SSSR count). The van der Waals surface area contributed by atoms with Crippen molar-refractivity contribution in [2.24, 2.45) is 0 Å². The zero-order valence-electron chi connectivity index (χ0n) is 11.3. The molecule has 1 N–H and O–H groups in total. The Kier molecular flexibility index (Phi) is 3.67. The summed E-state index contributed by atoms with van der Waals surface area (Å²) >= 11 is 1.62. The summed E-state index contributed by atoms with van der Waals surface area (Å²) in [5.41, 5.74) is 0.468. The van der Waals surface area contributed by atoms with Crippen molar-refractivity contribution in [1.82, 2.24) is 15.3 Å². The third-order valence-electron chi connectivity index (χ3n) is 3.39. The minimum Gasteiger partial charge on any atom is -0.342 e. The molecular formula is C14H13F2N3OS. The molecule has 21 heavy (non-hydrogen) atoms. The molecule has 1 atom stereocenters. The number of hydrogen-bond acceptors (Lipinski definition) is 4. The zero-order chi connectivity index (χ0) is 15.0. The number of halogens is 2. The molecule has 0 spiro atoms. The SMILES string of the molecule is Cc1nc2c(s1)CCC[C@H]2NC(=O)c1ncc(F)cc1F. The maximum Gasteiger partial charge on any atom is 0.273 e. The molecule has 1 aliphatic rings. The highest BCUT2D eigenvalue weighted by Crippen LogP contribution is 2.33. The number of fused-ring (bicyclic) bond motifs is 1. The van der Waals surface area contributed by atoms with Gasteiger partial charge in [-0.05, 0) is 26.2 Å². The van der Waals surface area contributed by atoms with Crippen LogP contribution in [-0.4, -0.2) is 15.9 Å². The lowest BCUT2D eigenvalue weighted by Crippen LogP contribution is -2.32. The highest BCUT2D eigenvalue weighted by molar-refractivity contribution is 7.11. The molecule has 0 saturated heterocycles. The fourth-order valence-corrected chi connectivity index (χ4v) is 3.53. The van der Waals surface area contributed by atoms with Crippen LogP contribution in [0.15, 0.2) is 12.3 Å². The number of carbonyl (C=O) groups excluding carboxylic acids is 1. The number of carbonyl (C=O) groups is 1. The van der Waals surface area contributed by atoms with Crippen molar-refractivity contribution in [1.29, 1.82) is 0 Å². The van der Waals surface area contributed by atoms with Gasteiger partial charge in [0, 0.05) is 10.9 Å². The van der Waals surface area contributed by atoms with Crippen LogP contribution in [0.4, 0.5) is 8.78 Å². The van der Waals surface area contributed by atoms with Crippen molar-refractivity contribution in [2.75, 3.05) is 0 Å². The Labute approximate surface area is 124 Å². The molecular weight excluding hydrogens is 296 g/mol. The van der Waals surface area contributed by atoms with E-state index in [4.69, 9.17) is 0 Å². The summed E-state index contributed by atoms with van der Waals surface area (Å²) in [5.74, 6) is -2.41. The van der Waals surface area contributed by atoms with Gasteiger partial charge >= 0.3 is 0 Å². The lowest BCUT2D eigenvalue weighted by atomic mass is 9.97. The topological polar surface area (TPSA) is 54.9 Å². The molecule has 0 saturated carbocycles. The molecule has 7 heteroatoms. The average molecular weight is 309 g/mol. The number of rotatable bonds is 2. The predicted molar refractivity (Wildman–Crippen MR) is 74.1 cm³/mol. The second-order valence-electron chi connectivity index (χ2n) is 4.94. The molecule has 0 radical (unpaired) electrons. The smallest absolute Gasteiger partial charge is 0.273 e. The van der Waals surface area contributed by atoms with Gasteiger partial charge < -0.3 is 5.32 Å². The van der Waals surface area contributed by atoms with Crippen LogP contribution in [0.3, 0.4) is 0 Å². The molecule has 0 unspecified atom stereocenters. The standard InChI is InChI=1S/C14H13F2N3OS/c1-7-18-13-10(3-2-4-11(13)21-7)19-14(20)12-9(16)5-8(15)6-17-12/h5-6,10H,2-4H2,1H3,(H,19,20)/t10-/m1/s1. The van der Waals surface area contributed by atoms with Crippen LogP contribution < -0.4 is 5.32 Å². The normalized spacial score (nSPS) is 17.4. The molecule has 2 aromatic rings. The van der Waals surface area contributed by atoms with E-state index in [2.05, 4.69) is 15.3 Å². The Morgan fingerprint density at radius 2 is 2.29 bits per heavy atom. The number of amides is 1. The van der Waals surface area contributed by atoms with Crippen molar-refractivity contribution in [3.05, 3.63) is 45.2 Å². The first-order valence-corrected chi connectivity index (χ1v) is 7.44. The van der Waals surface area contributed by atoms with Crippen LogP contribution in [0.1, 0.15) is 45.0 Å². The monoisotopic (exact) mass is 309 g/mol. The molecule has 110 valence electrons. The van der Waals surface area contributed by atoms with Crippen LogP contribution in [0.25, 0.3) is 0 Å². The Morgan fingerprint density at radius 1 is 1.48 bits per heavy atom. The largest absolute Gasteiger partial charge is 0.342 e. The summed E-state index contributed by atoms with van der Waals surface area (Å²) in [5, 5.41) is 3.70. The van der Waals surface area contributed by atoms with Gasteiger partial charge in [0.2, 0.25) is 0 Å². The van der Waals surface area contributed by atoms with Crippen molar-refractivity contribution < 1.29 is 13.6 Å². The number of aromatic nitrogens is 2. The van der Waals surface area contributed by atoms with Crippen LogP contribution in [0.2, 0.25) is 0 Å². The summed E-state index contributed by atoms with van der Waals surface area (Å²) in [6, 6.07) is 0.416. The summed E-state index contributed by atoms with van der Waals surface area (Å²) in [7, 11) is 0. The number of nitrogens with one attached hydrogen (secondary N) is 1. The van der Waals surface area contributed by atoms with E-state index in [1.807, 2.05) is 6.92 Å². The van der Waals surface area contributed by atoms with E-state index in [0.717, 1.165) is 41.0 Å². The van der Waals surface area contributed by atoms with Crippen molar-refractivity contribution in [2.45, 2.75) is 32.2 Å². The van der Waals surface area contributed by atoms with Gasteiger partial charge in [0.15, 0.2) is 11.5 Å². The van der Waals surface area contributed by atoms with Crippen molar-refractivity contribution in [3.63, 3.8) is 0 Å². The van der Waals surface area contributed by atoms with E-state index < -0.39 is 23.2 Å². The molecule has 0 aliphatic heterocycles. The second kappa shape index (κ2) is 5.48. The summed E-state index contributed by atoms with van der Waals surface area (Å²) in [6.07, 6.45) is 3.48. The molecule has 4 nitrogen and oxygen atoms in total. The van der Waals surface area contributed by atoms with Crippen LogP contribution in [0, 0.1) is 18.6 Å². The Bertz CT molecular complexity index is 702. The maximum atomic E-state index is 13.6. The molecule has 1 aliphatic carbocycles. The van der Waals surface area contributed by atoms with E-state index in [-0.39, 0.29) is 6.04 Å². The minimum absolute atomic E-state index is 0.238. The zero-order valence-corrected chi connectivity index (χ0v) is 12.1. The van der Waals surface area contributed by atoms with E-state index in [1.54, 1.807) is 11.3 Å². The number of aryl methyl sites for hydroxylation is 2. The fourth-order valence-electron chi connectivity index (χ4n) is 2.49.